The average molecular weight is 329 g/mol. The Morgan fingerprint density at radius 1 is 1.29 bits per heavy atom. The second-order valence-corrected chi connectivity index (χ2v) is 7.65. The molecule has 4 rings (SSSR count). The number of rotatable bonds is 1. The molecule has 1 fully saturated rings. The molecule has 5 heteroatoms. The molecule has 1 aromatic carbocycles. The van der Waals surface area contributed by atoms with Crippen molar-refractivity contribution in [3.05, 3.63) is 35.2 Å². The summed E-state index contributed by atoms with van der Waals surface area (Å²) in [5.74, 6) is -1.93. The summed E-state index contributed by atoms with van der Waals surface area (Å²) in [6.45, 7) is 5.64. The van der Waals surface area contributed by atoms with Gasteiger partial charge in [-0.15, -0.1) is 0 Å². The van der Waals surface area contributed by atoms with Crippen LogP contribution in [0.15, 0.2) is 18.2 Å². The number of benzene rings is 1. The number of aliphatic hydroxyl groups is 1. The molecule has 3 aliphatic rings. The fourth-order valence-electron chi connectivity index (χ4n) is 4.63. The monoisotopic (exact) mass is 329 g/mol. The number of carbonyl (C=O) groups excluding carboxylic acids is 2. The summed E-state index contributed by atoms with van der Waals surface area (Å²) < 4.78 is 14.2. The van der Waals surface area contributed by atoms with Gasteiger partial charge in [-0.1, -0.05) is 6.08 Å². The molecule has 2 heterocycles. The van der Waals surface area contributed by atoms with E-state index in [1.54, 1.807) is 0 Å². The van der Waals surface area contributed by atoms with Crippen molar-refractivity contribution >= 4 is 23.0 Å². The highest BCUT2D eigenvalue weighted by atomic mass is 19.1. The van der Waals surface area contributed by atoms with E-state index in [9.17, 15) is 19.1 Å². The number of halogens is 1. The summed E-state index contributed by atoms with van der Waals surface area (Å²) in [6.07, 6.45) is 3.36. The van der Waals surface area contributed by atoms with Crippen LogP contribution >= 0.6 is 0 Å². The molecule has 0 bridgehead atoms. The first-order valence-corrected chi connectivity index (χ1v) is 8.31. The lowest BCUT2D eigenvalue weighted by Gasteiger charge is -2.39. The van der Waals surface area contributed by atoms with Crippen LogP contribution in [0, 0.1) is 11.7 Å². The van der Waals surface area contributed by atoms with Crippen LogP contribution in [-0.2, 0) is 15.2 Å². The first kappa shape index (κ1) is 15.5. The Morgan fingerprint density at radius 3 is 2.62 bits per heavy atom. The zero-order chi connectivity index (χ0) is 17.4. The van der Waals surface area contributed by atoms with Gasteiger partial charge in [-0.3, -0.25) is 14.5 Å². The van der Waals surface area contributed by atoms with E-state index in [0.717, 1.165) is 5.57 Å². The van der Waals surface area contributed by atoms with Crippen molar-refractivity contribution in [2.24, 2.45) is 5.92 Å². The molecule has 1 N–H and O–H groups in total. The molecule has 126 valence electrons. The second kappa shape index (κ2) is 4.54. The summed E-state index contributed by atoms with van der Waals surface area (Å²) in [4.78, 5) is 27.1. The molecular weight excluding hydrogens is 309 g/mol. The summed E-state index contributed by atoms with van der Waals surface area (Å²) in [7, 11) is 0. The van der Waals surface area contributed by atoms with Crippen molar-refractivity contribution in [2.75, 3.05) is 4.90 Å². The summed E-state index contributed by atoms with van der Waals surface area (Å²) in [5, 5.41) is 11.4. The Labute approximate surface area is 140 Å². The maximum absolute atomic E-state index is 14.2. The van der Waals surface area contributed by atoms with Crippen LogP contribution in [0.2, 0.25) is 0 Å². The zero-order valence-corrected chi connectivity index (χ0v) is 14.0. The molecule has 1 aliphatic carbocycles. The number of allylic oxidation sites excluding steroid dienone is 1. The van der Waals surface area contributed by atoms with Crippen LogP contribution in [0.4, 0.5) is 10.1 Å². The Morgan fingerprint density at radius 2 is 2.00 bits per heavy atom. The molecule has 1 aromatic rings. The van der Waals surface area contributed by atoms with Crippen molar-refractivity contribution in [3.8, 4) is 0 Å². The van der Waals surface area contributed by atoms with Crippen LogP contribution in [0.5, 0.6) is 0 Å². The predicted molar refractivity (Wildman–Crippen MR) is 87.9 cm³/mol. The number of nitrogens with zero attached hydrogens (tertiary/aromatic N) is 1. The molecule has 0 radical (unpaired) electrons. The molecule has 0 spiro atoms. The molecule has 1 saturated carbocycles. The van der Waals surface area contributed by atoms with Crippen LogP contribution in [0.1, 0.15) is 51.2 Å². The van der Waals surface area contributed by atoms with Crippen LogP contribution in [-0.4, -0.2) is 22.3 Å². The van der Waals surface area contributed by atoms with Gasteiger partial charge in [-0.2, -0.15) is 0 Å². The van der Waals surface area contributed by atoms with E-state index in [2.05, 4.69) is 0 Å². The number of ketones is 1. The highest BCUT2D eigenvalue weighted by molar-refractivity contribution is 6.14. The molecule has 24 heavy (non-hydrogen) atoms. The van der Waals surface area contributed by atoms with Crippen molar-refractivity contribution in [2.45, 2.75) is 51.2 Å². The summed E-state index contributed by atoms with van der Waals surface area (Å²) >= 11 is 0. The third kappa shape index (κ3) is 1.71. The molecule has 2 atom stereocenters. The van der Waals surface area contributed by atoms with Gasteiger partial charge in [0.05, 0.1) is 17.1 Å². The van der Waals surface area contributed by atoms with Gasteiger partial charge in [0.15, 0.2) is 5.60 Å². The van der Waals surface area contributed by atoms with E-state index < -0.39 is 28.8 Å². The van der Waals surface area contributed by atoms with Gasteiger partial charge in [0.25, 0.3) is 5.91 Å². The van der Waals surface area contributed by atoms with Gasteiger partial charge in [-0.05, 0) is 51.3 Å². The maximum atomic E-state index is 14.2. The van der Waals surface area contributed by atoms with E-state index in [0.29, 0.717) is 30.5 Å². The Bertz CT molecular complexity index is 826. The standard InChI is InChI=1S/C19H20FNO3/c1-10-9-18(2,3)21-16-12(10)7-11(20)8-14(16)19(24,17(21)23)13-5-4-6-15(13)22/h7-9,13,24H,4-6H2,1-3H3. The van der Waals surface area contributed by atoms with Gasteiger partial charge < -0.3 is 5.11 Å². The topological polar surface area (TPSA) is 57.6 Å². The SMILES string of the molecule is CC1=CC(C)(C)N2C(=O)C(O)(C3CCCC3=O)c3cc(F)cc1c32. The molecule has 2 unspecified atom stereocenters. The third-order valence-corrected chi connectivity index (χ3v) is 5.62. The van der Waals surface area contributed by atoms with Crippen LogP contribution < -0.4 is 4.90 Å². The number of amides is 1. The van der Waals surface area contributed by atoms with Gasteiger partial charge in [0.2, 0.25) is 0 Å². The highest BCUT2D eigenvalue weighted by Crippen LogP contribution is 2.55. The Kier molecular flexibility index (Phi) is 2.93. The number of carbonyl (C=O) groups is 2. The lowest BCUT2D eigenvalue weighted by Crippen LogP contribution is -2.53. The molecule has 0 saturated heterocycles. The number of hydrogen-bond acceptors (Lipinski definition) is 3. The van der Waals surface area contributed by atoms with Crippen molar-refractivity contribution in [1.82, 2.24) is 0 Å². The Balaban J connectivity index is 2.04. The summed E-state index contributed by atoms with van der Waals surface area (Å²) in [6, 6.07) is 2.61. The van der Waals surface area contributed by atoms with Crippen LogP contribution in [0.3, 0.4) is 0 Å². The van der Waals surface area contributed by atoms with E-state index in [1.807, 2.05) is 26.8 Å². The number of Topliss-reactive ketones (excluding diaryl/α,β-unsaturated/α-hetero) is 1. The van der Waals surface area contributed by atoms with Crippen LogP contribution in [0.25, 0.3) is 5.57 Å². The molecule has 0 aromatic heterocycles. The van der Waals surface area contributed by atoms with Crippen molar-refractivity contribution in [3.63, 3.8) is 0 Å². The van der Waals surface area contributed by atoms with E-state index in [1.165, 1.54) is 17.0 Å². The van der Waals surface area contributed by atoms with E-state index in [-0.39, 0.29) is 11.3 Å². The van der Waals surface area contributed by atoms with Gasteiger partial charge in [0.1, 0.15) is 11.6 Å². The maximum Gasteiger partial charge on any atom is 0.265 e. The van der Waals surface area contributed by atoms with E-state index in [4.69, 9.17) is 0 Å². The van der Waals surface area contributed by atoms with Gasteiger partial charge in [0, 0.05) is 17.5 Å². The molecule has 2 aliphatic heterocycles. The number of anilines is 1. The van der Waals surface area contributed by atoms with Crippen molar-refractivity contribution in [1.29, 1.82) is 0 Å². The smallest absolute Gasteiger partial charge is 0.265 e. The lowest BCUT2D eigenvalue weighted by atomic mass is 9.80. The minimum Gasteiger partial charge on any atom is -0.375 e. The third-order valence-electron chi connectivity index (χ3n) is 5.62. The molecule has 4 nitrogen and oxygen atoms in total. The minimum absolute atomic E-state index is 0.119. The average Bonchev–Trinajstić information content (AvgIpc) is 3.00. The highest BCUT2D eigenvalue weighted by Gasteiger charge is 2.61. The largest absolute Gasteiger partial charge is 0.375 e. The zero-order valence-electron chi connectivity index (χ0n) is 14.0. The number of hydrogen-bond donors (Lipinski definition) is 1. The first-order valence-electron chi connectivity index (χ1n) is 8.31. The quantitative estimate of drug-likeness (QED) is 0.862. The fourth-order valence-corrected chi connectivity index (χ4v) is 4.63. The molecular formula is C19H20FNO3. The van der Waals surface area contributed by atoms with E-state index >= 15 is 0 Å². The molecule has 1 amide bonds. The van der Waals surface area contributed by atoms with Gasteiger partial charge in [-0.25, -0.2) is 4.39 Å². The first-order chi connectivity index (χ1) is 11.2. The minimum atomic E-state index is -1.96. The second-order valence-electron chi connectivity index (χ2n) is 7.65. The van der Waals surface area contributed by atoms with Crippen molar-refractivity contribution < 1.29 is 19.1 Å². The Hall–Kier alpha value is -2.01. The lowest BCUT2D eigenvalue weighted by molar-refractivity contribution is -0.148. The normalized spacial score (nSPS) is 30.6. The fraction of sp³-hybridized carbons (Fsp3) is 0.474. The van der Waals surface area contributed by atoms with Gasteiger partial charge >= 0.3 is 0 Å². The predicted octanol–water partition coefficient (Wildman–Crippen LogP) is 2.92. The summed E-state index contributed by atoms with van der Waals surface area (Å²) in [5.41, 5.74) is -0.347.